The third-order valence-electron chi connectivity index (χ3n) is 7.39. The summed E-state index contributed by atoms with van der Waals surface area (Å²) in [6, 6.07) is 11.1. The Morgan fingerprint density at radius 1 is 1.05 bits per heavy atom. The number of sulfone groups is 1. The normalized spacial score (nSPS) is 19.3. The molecule has 5 rings (SSSR count). The van der Waals surface area contributed by atoms with Crippen molar-refractivity contribution in [3.8, 4) is 22.8 Å². The minimum absolute atomic E-state index is 0.162. The minimum Gasteiger partial charge on any atom is -0.248 e. The second-order valence-electron chi connectivity index (χ2n) is 9.76. The van der Waals surface area contributed by atoms with Crippen LogP contribution in [0.25, 0.3) is 22.8 Å². The Morgan fingerprint density at radius 2 is 1.79 bits per heavy atom. The third-order valence-corrected chi connectivity index (χ3v) is 8.11. The van der Waals surface area contributed by atoms with E-state index in [1.54, 1.807) is 12.1 Å². The fourth-order valence-electron chi connectivity index (χ4n) is 5.45. The lowest BCUT2D eigenvalue weighted by Gasteiger charge is -2.40. The van der Waals surface area contributed by atoms with Crippen molar-refractivity contribution in [1.82, 2.24) is 29.9 Å². The second-order valence-corrected chi connectivity index (χ2v) is 11.9. The first kappa shape index (κ1) is 26.0. The quantitative estimate of drug-likeness (QED) is 0.324. The highest BCUT2D eigenvalue weighted by Gasteiger charge is 2.43. The third kappa shape index (κ3) is 4.59. The molecule has 2 atom stereocenters. The van der Waals surface area contributed by atoms with Gasteiger partial charge in [0.05, 0.1) is 28.1 Å². The number of hydrogen-bond acceptors (Lipinski definition) is 7. The number of nitrogens with zero attached hydrogens (tertiary/aromatic N) is 6. The average Bonchev–Trinajstić information content (AvgIpc) is 3.34. The van der Waals surface area contributed by atoms with E-state index in [9.17, 15) is 17.2 Å². The number of benzene rings is 1. The van der Waals surface area contributed by atoms with E-state index in [2.05, 4.69) is 34.1 Å². The molecule has 0 saturated heterocycles. The molecule has 1 aromatic carbocycles. The maximum atomic E-state index is 14.6. The Morgan fingerprint density at radius 3 is 2.47 bits per heavy atom. The van der Waals surface area contributed by atoms with Crippen LogP contribution in [0.1, 0.15) is 62.4 Å². The first-order valence-electron chi connectivity index (χ1n) is 12.5. The van der Waals surface area contributed by atoms with Crippen LogP contribution in [0.5, 0.6) is 0 Å². The highest BCUT2D eigenvalue weighted by Crippen LogP contribution is 2.49. The first-order valence-corrected chi connectivity index (χ1v) is 14.6. The second kappa shape index (κ2) is 9.94. The van der Waals surface area contributed by atoms with Crippen LogP contribution in [-0.4, -0.2) is 44.6 Å². The van der Waals surface area contributed by atoms with Crippen molar-refractivity contribution in [3.05, 3.63) is 77.4 Å². The van der Waals surface area contributed by atoms with E-state index in [1.807, 2.05) is 12.1 Å². The molecule has 8 nitrogen and oxygen atoms in total. The van der Waals surface area contributed by atoms with Gasteiger partial charge in [-0.25, -0.2) is 31.8 Å². The topological polar surface area (TPSA) is 104 Å². The number of pyridine rings is 1. The predicted octanol–water partition coefficient (Wildman–Crippen LogP) is 5.06. The maximum absolute atomic E-state index is 14.6. The minimum atomic E-state index is -3.35. The van der Waals surface area contributed by atoms with Gasteiger partial charge >= 0.3 is 0 Å². The van der Waals surface area contributed by atoms with Gasteiger partial charge in [0.15, 0.2) is 15.7 Å². The lowest BCUT2D eigenvalue weighted by Crippen LogP contribution is -2.35. The molecule has 1 aliphatic rings. The molecule has 0 spiro atoms. The zero-order valence-corrected chi connectivity index (χ0v) is 22.2. The van der Waals surface area contributed by atoms with Gasteiger partial charge in [0, 0.05) is 6.26 Å². The number of fused-ring (bicyclic) bond motifs is 1. The number of halogens is 2. The summed E-state index contributed by atoms with van der Waals surface area (Å²) in [6.45, 7) is 4.15. The standard InChI is InChI=1S/C27H28F2N6O2S/c1-4-17-12-13-27(5-2,25-18(17)14-22(33-34-25)24-19(28)8-6-9-20(24)29)23-11-7-10-21(32-23)26-30-15-31-35(26)16-38(3,36)37/h6-11,14-15,17H,4-5,12-13,16H2,1-3H3/t17-,27+/m0/s1. The number of hydrogen-bond donors (Lipinski definition) is 0. The fraction of sp³-hybridized carbons (Fsp3) is 0.370. The van der Waals surface area contributed by atoms with E-state index >= 15 is 0 Å². The summed E-state index contributed by atoms with van der Waals surface area (Å²) >= 11 is 0. The summed E-state index contributed by atoms with van der Waals surface area (Å²) in [5.74, 6) is -1.16. The summed E-state index contributed by atoms with van der Waals surface area (Å²) < 4.78 is 54.3. The van der Waals surface area contributed by atoms with Crippen molar-refractivity contribution in [2.45, 2.75) is 56.7 Å². The number of rotatable bonds is 7. The van der Waals surface area contributed by atoms with Crippen LogP contribution in [0.15, 0.2) is 48.8 Å². The summed E-state index contributed by atoms with van der Waals surface area (Å²) in [5.41, 5.74) is 2.31. The Bertz CT molecular complexity index is 1590. The van der Waals surface area contributed by atoms with Gasteiger partial charge in [0.2, 0.25) is 0 Å². The largest absolute Gasteiger partial charge is 0.248 e. The monoisotopic (exact) mass is 538 g/mol. The number of aromatic nitrogens is 6. The zero-order chi connectivity index (χ0) is 27.1. The van der Waals surface area contributed by atoms with Crippen molar-refractivity contribution in [2.24, 2.45) is 0 Å². The molecule has 3 heterocycles. The molecule has 0 fully saturated rings. The Kier molecular flexibility index (Phi) is 6.81. The molecule has 0 amide bonds. The lowest BCUT2D eigenvalue weighted by molar-refractivity contribution is 0.353. The van der Waals surface area contributed by atoms with Crippen molar-refractivity contribution in [3.63, 3.8) is 0 Å². The molecule has 3 aromatic heterocycles. The van der Waals surface area contributed by atoms with E-state index in [-0.39, 0.29) is 23.1 Å². The molecule has 198 valence electrons. The summed E-state index contributed by atoms with van der Waals surface area (Å²) in [6.07, 6.45) is 5.57. The molecule has 1 aliphatic carbocycles. The lowest BCUT2D eigenvalue weighted by atomic mass is 9.65. The molecule has 0 aliphatic heterocycles. The van der Waals surface area contributed by atoms with Gasteiger partial charge < -0.3 is 0 Å². The van der Waals surface area contributed by atoms with Gasteiger partial charge in [0.25, 0.3) is 0 Å². The van der Waals surface area contributed by atoms with Crippen LogP contribution in [0.2, 0.25) is 0 Å². The fourth-order valence-corrected chi connectivity index (χ4v) is 6.09. The van der Waals surface area contributed by atoms with Crippen molar-refractivity contribution in [2.75, 3.05) is 6.26 Å². The van der Waals surface area contributed by atoms with Crippen LogP contribution in [0.4, 0.5) is 8.78 Å². The zero-order valence-electron chi connectivity index (χ0n) is 21.4. The van der Waals surface area contributed by atoms with Gasteiger partial charge in [-0.15, -0.1) is 5.10 Å². The van der Waals surface area contributed by atoms with Gasteiger partial charge in [0.1, 0.15) is 29.5 Å². The van der Waals surface area contributed by atoms with Crippen LogP contribution >= 0.6 is 0 Å². The van der Waals surface area contributed by atoms with Gasteiger partial charge in [-0.05, 0) is 67.5 Å². The SMILES string of the molecule is CC[C@H]1CC[C@](CC)(c2cccc(-c3ncnn3CS(C)(=O)=O)n2)c2nnc(-c3c(F)cccc3F)cc21. The highest BCUT2D eigenvalue weighted by molar-refractivity contribution is 7.89. The van der Waals surface area contributed by atoms with Gasteiger partial charge in [-0.2, -0.15) is 10.2 Å². The van der Waals surface area contributed by atoms with Crippen LogP contribution in [0.3, 0.4) is 0 Å². The van der Waals surface area contributed by atoms with E-state index < -0.39 is 26.9 Å². The van der Waals surface area contributed by atoms with Gasteiger partial charge in [-0.3, -0.25) is 0 Å². The Labute approximate surface area is 220 Å². The van der Waals surface area contributed by atoms with Crippen LogP contribution in [-0.2, 0) is 21.1 Å². The molecule has 0 N–H and O–H groups in total. The summed E-state index contributed by atoms with van der Waals surface area (Å²) in [4.78, 5) is 9.19. The molecule has 0 bridgehead atoms. The van der Waals surface area contributed by atoms with E-state index in [0.717, 1.165) is 42.5 Å². The molecule has 38 heavy (non-hydrogen) atoms. The van der Waals surface area contributed by atoms with Crippen molar-refractivity contribution < 1.29 is 17.2 Å². The molecule has 4 aromatic rings. The van der Waals surface area contributed by atoms with E-state index in [0.29, 0.717) is 17.9 Å². The molecule has 0 saturated carbocycles. The predicted molar refractivity (Wildman–Crippen MR) is 139 cm³/mol. The van der Waals surface area contributed by atoms with Crippen molar-refractivity contribution >= 4 is 9.84 Å². The molecule has 0 radical (unpaired) electrons. The molecular weight excluding hydrogens is 510 g/mol. The van der Waals surface area contributed by atoms with Gasteiger partial charge in [-0.1, -0.05) is 26.0 Å². The van der Waals surface area contributed by atoms with Crippen LogP contribution < -0.4 is 0 Å². The van der Waals surface area contributed by atoms with Crippen molar-refractivity contribution in [1.29, 1.82) is 0 Å². The molecule has 11 heteroatoms. The maximum Gasteiger partial charge on any atom is 0.177 e. The molecule has 0 unspecified atom stereocenters. The van der Waals surface area contributed by atoms with Crippen LogP contribution in [0, 0.1) is 11.6 Å². The van der Waals surface area contributed by atoms with E-state index in [4.69, 9.17) is 4.98 Å². The molecular formula is C27H28F2N6O2S. The summed E-state index contributed by atoms with van der Waals surface area (Å²) in [7, 11) is -3.35. The Hall–Kier alpha value is -3.60. The van der Waals surface area contributed by atoms with E-state index in [1.165, 1.54) is 29.2 Å². The highest BCUT2D eigenvalue weighted by atomic mass is 32.2. The smallest absolute Gasteiger partial charge is 0.177 e. The first-order chi connectivity index (χ1) is 18.2. The summed E-state index contributed by atoms with van der Waals surface area (Å²) in [5, 5.41) is 13.0. The Balaban J connectivity index is 1.64. The average molecular weight is 539 g/mol.